The van der Waals surface area contributed by atoms with Gasteiger partial charge in [-0.15, -0.1) is 0 Å². The minimum Gasteiger partial charge on any atom is -0.378 e. The van der Waals surface area contributed by atoms with Crippen LogP contribution in [0.3, 0.4) is 0 Å². The average molecular weight is 227 g/mol. The lowest BCUT2D eigenvalue weighted by atomic mass is 9.89. The van der Waals surface area contributed by atoms with Crippen molar-refractivity contribution in [3.8, 4) is 0 Å². The lowest BCUT2D eigenvalue weighted by Crippen LogP contribution is -2.43. The van der Waals surface area contributed by atoms with E-state index in [2.05, 4.69) is 39.9 Å². The van der Waals surface area contributed by atoms with Crippen LogP contribution in [0.2, 0.25) is 0 Å². The molecular formula is C14H29NO. The van der Waals surface area contributed by atoms with Crippen molar-refractivity contribution in [3.63, 3.8) is 0 Å². The van der Waals surface area contributed by atoms with Crippen molar-refractivity contribution in [1.29, 1.82) is 0 Å². The van der Waals surface area contributed by atoms with E-state index >= 15 is 0 Å². The van der Waals surface area contributed by atoms with E-state index < -0.39 is 0 Å². The molecule has 1 aliphatic rings. The molecule has 0 spiro atoms. The number of ether oxygens (including phenoxy) is 1. The van der Waals surface area contributed by atoms with Crippen LogP contribution in [0.1, 0.15) is 53.9 Å². The molecule has 1 heterocycles. The average Bonchev–Trinajstić information content (AvgIpc) is 2.27. The Morgan fingerprint density at radius 3 is 2.62 bits per heavy atom. The fraction of sp³-hybridized carbons (Fsp3) is 1.00. The maximum atomic E-state index is 5.79. The normalized spacial score (nSPS) is 27.4. The number of hydrogen-bond donors (Lipinski definition) is 1. The fourth-order valence-electron chi connectivity index (χ4n) is 2.02. The molecule has 0 aromatic heterocycles. The van der Waals surface area contributed by atoms with E-state index in [0.29, 0.717) is 23.5 Å². The Morgan fingerprint density at radius 1 is 1.38 bits per heavy atom. The van der Waals surface area contributed by atoms with Crippen molar-refractivity contribution in [2.24, 2.45) is 11.3 Å². The zero-order valence-corrected chi connectivity index (χ0v) is 11.7. The lowest BCUT2D eigenvalue weighted by molar-refractivity contribution is -0.0254. The van der Waals surface area contributed by atoms with E-state index in [0.717, 1.165) is 13.2 Å². The first kappa shape index (κ1) is 14.0. The summed E-state index contributed by atoms with van der Waals surface area (Å²) in [4.78, 5) is 0. The first-order valence-corrected chi connectivity index (χ1v) is 6.79. The van der Waals surface area contributed by atoms with E-state index in [1.165, 1.54) is 19.3 Å². The van der Waals surface area contributed by atoms with E-state index in [-0.39, 0.29) is 0 Å². The number of hydrogen-bond acceptors (Lipinski definition) is 2. The van der Waals surface area contributed by atoms with Gasteiger partial charge in [0.15, 0.2) is 0 Å². The zero-order valence-electron chi connectivity index (χ0n) is 11.7. The molecule has 1 N–H and O–H groups in total. The lowest BCUT2D eigenvalue weighted by Gasteiger charge is -2.34. The first-order valence-electron chi connectivity index (χ1n) is 6.79. The monoisotopic (exact) mass is 227 g/mol. The molecule has 2 heteroatoms. The van der Waals surface area contributed by atoms with Gasteiger partial charge in [0.2, 0.25) is 0 Å². The quantitative estimate of drug-likeness (QED) is 0.778. The minimum absolute atomic E-state index is 0.422. The second-order valence-electron chi connectivity index (χ2n) is 6.27. The van der Waals surface area contributed by atoms with Gasteiger partial charge < -0.3 is 10.1 Å². The van der Waals surface area contributed by atoms with Crippen LogP contribution >= 0.6 is 0 Å². The summed E-state index contributed by atoms with van der Waals surface area (Å²) in [5, 5.41) is 3.72. The molecule has 2 nitrogen and oxygen atoms in total. The molecule has 96 valence electrons. The largest absolute Gasteiger partial charge is 0.378 e. The molecule has 0 saturated carbocycles. The second-order valence-corrected chi connectivity index (χ2v) is 6.27. The summed E-state index contributed by atoms with van der Waals surface area (Å²) in [5.74, 6) is 0.642. The highest BCUT2D eigenvalue weighted by Gasteiger charge is 2.26. The highest BCUT2D eigenvalue weighted by molar-refractivity contribution is 4.81. The Kier molecular flexibility index (Phi) is 5.26. The molecule has 1 fully saturated rings. The molecule has 0 aromatic rings. The Hall–Kier alpha value is -0.0800. The van der Waals surface area contributed by atoms with Crippen LogP contribution in [0, 0.1) is 11.3 Å². The van der Waals surface area contributed by atoms with Crippen molar-refractivity contribution < 1.29 is 4.74 Å². The van der Waals surface area contributed by atoms with Crippen molar-refractivity contribution in [2.75, 3.05) is 13.2 Å². The Balaban J connectivity index is 2.32. The number of nitrogens with one attached hydrogen (secondary N) is 1. The molecule has 0 aliphatic carbocycles. The maximum absolute atomic E-state index is 5.79. The third-order valence-electron chi connectivity index (χ3n) is 3.89. The molecule has 1 aliphatic heterocycles. The molecule has 0 bridgehead atoms. The van der Waals surface area contributed by atoms with Gasteiger partial charge in [0, 0.05) is 19.2 Å². The second kappa shape index (κ2) is 6.02. The van der Waals surface area contributed by atoms with Crippen LogP contribution in [0.4, 0.5) is 0 Å². The van der Waals surface area contributed by atoms with Gasteiger partial charge in [-0.3, -0.25) is 0 Å². The zero-order chi connectivity index (χ0) is 12.2. The SMILES string of the molecule is CCC(C)(C)CNC1CCOC(C(C)C)C1. The molecule has 0 amide bonds. The summed E-state index contributed by atoms with van der Waals surface area (Å²) in [6.07, 6.45) is 4.04. The van der Waals surface area contributed by atoms with Gasteiger partial charge in [-0.05, 0) is 30.6 Å². The van der Waals surface area contributed by atoms with E-state index in [1.54, 1.807) is 0 Å². The van der Waals surface area contributed by atoms with Crippen molar-refractivity contribution in [1.82, 2.24) is 5.32 Å². The van der Waals surface area contributed by atoms with Gasteiger partial charge in [0.25, 0.3) is 0 Å². The third-order valence-corrected chi connectivity index (χ3v) is 3.89. The molecule has 1 rings (SSSR count). The van der Waals surface area contributed by atoms with Gasteiger partial charge in [-0.2, -0.15) is 0 Å². The summed E-state index contributed by atoms with van der Waals surface area (Å²) in [6, 6.07) is 0.659. The van der Waals surface area contributed by atoms with Crippen LogP contribution in [0.15, 0.2) is 0 Å². The molecule has 2 unspecified atom stereocenters. The summed E-state index contributed by atoms with van der Waals surface area (Å²) in [7, 11) is 0. The summed E-state index contributed by atoms with van der Waals surface area (Å²) in [6.45, 7) is 13.5. The highest BCUT2D eigenvalue weighted by atomic mass is 16.5. The topological polar surface area (TPSA) is 21.3 Å². The van der Waals surface area contributed by atoms with Crippen LogP contribution in [-0.4, -0.2) is 25.3 Å². The van der Waals surface area contributed by atoms with Gasteiger partial charge in [-0.25, -0.2) is 0 Å². The fourth-order valence-corrected chi connectivity index (χ4v) is 2.02. The van der Waals surface area contributed by atoms with E-state index in [9.17, 15) is 0 Å². The molecule has 0 aromatic carbocycles. The van der Waals surface area contributed by atoms with Crippen LogP contribution in [-0.2, 0) is 4.74 Å². The third kappa shape index (κ3) is 4.42. The highest BCUT2D eigenvalue weighted by Crippen LogP contribution is 2.22. The maximum Gasteiger partial charge on any atom is 0.0612 e. The summed E-state index contributed by atoms with van der Waals surface area (Å²) >= 11 is 0. The van der Waals surface area contributed by atoms with E-state index in [4.69, 9.17) is 4.74 Å². The van der Waals surface area contributed by atoms with E-state index in [1.807, 2.05) is 0 Å². The Morgan fingerprint density at radius 2 is 2.06 bits per heavy atom. The van der Waals surface area contributed by atoms with Crippen LogP contribution in [0.5, 0.6) is 0 Å². The molecular weight excluding hydrogens is 198 g/mol. The van der Waals surface area contributed by atoms with Crippen LogP contribution < -0.4 is 5.32 Å². The Bertz CT molecular complexity index is 201. The van der Waals surface area contributed by atoms with Crippen molar-refractivity contribution in [3.05, 3.63) is 0 Å². The van der Waals surface area contributed by atoms with Crippen molar-refractivity contribution in [2.45, 2.75) is 66.0 Å². The molecule has 1 saturated heterocycles. The van der Waals surface area contributed by atoms with Crippen LogP contribution in [0.25, 0.3) is 0 Å². The predicted molar refractivity (Wildman–Crippen MR) is 69.7 cm³/mol. The standard InChI is InChI=1S/C14H29NO/c1-6-14(4,5)10-15-12-7-8-16-13(9-12)11(2)3/h11-13,15H,6-10H2,1-5H3. The molecule has 2 atom stereocenters. The van der Waals surface area contributed by atoms with Gasteiger partial charge in [0.05, 0.1) is 6.10 Å². The summed E-state index contributed by atoms with van der Waals surface area (Å²) < 4.78 is 5.79. The Labute approximate surface area is 101 Å². The van der Waals surface area contributed by atoms with Gasteiger partial charge in [0.1, 0.15) is 0 Å². The smallest absolute Gasteiger partial charge is 0.0612 e. The summed E-state index contributed by atoms with van der Waals surface area (Å²) in [5.41, 5.74) is 0.422. The molecule has 16 heavy (non-hydrogen) atoms. The van der Waals surface area contributed by atoms with Gasteiger partial charge in [-0.1, -0.05) is 34.6 Å². The number of rotatable bonds is 5. The predicted octanol–water partition coefficient (Wildman–Crippen LogP) is 3.22. The first-order chi connectivity index (χ1) is 7.44. The van der Waals surface area contributed by atoms with Crippen molar-refractivity contribution >= 4 is 0 Å². The van der Waals surface area contributed by atoms with Gasteiger partial charge >= 0.3 is 0 Å². The molecule has 0 radical (unpaired) electrons. The minimum atomic E-state index is 0.422.